The van der Waals surface area contributed by atoms with E-state index in [-0.39, 0.29) is 11.1 Å². The van der Waals surface area contributed by atoms with E-state index in [1.807, 2.05) is 6.92 Å². The highest BCUT2D eigenvalue weighted by atomic mass is 35.5. The molecule has 1 heterocycles. The summed E-state index contributed by atoms with van der Waals surface area (Å²) >= 11 is 18.1. The molecular weight excluding hydrogens is 333 g/mol. The molecule has 0 radical (unpaired) electrons. The fraction of sp³-hybridized carbons (Fsp3) is 0.143. The maximum atomic E-state index is 12.3. The van der Waals surface area contributed by atoms with Gasteiger partial charge in [0.2, 0.25) is 0 Å². The number of anilines is 2. The Hall–Kier alpha value is -1.49. The molecule has 0 aliphatic carbocycles. The second-order valence-electron chi connectivity index (χ2n) is 4.32. The van der Waals surface area contributed by atoms with Gasteiger partial charge in [-0.1, -0.05) is 40.9 Å². The van der Waals surface area contributed by atoms with E-state index in [0.717, 1.165) is 5.56 Å². The van der Waals surface area contributed by atoms with Crippen molar-refractivity contribution in [1.29, 1.82) is 0 Å². The van der Waals surface area contributed by atoms with Gasteiger partial charge in [0.15, 0.2) is 0 Å². The number of carbonyl (C=O) groups excluding carboxylic acids is 1. The maximum absolute atomic E-state index is 12.3. The molecule has 2 N–H and O–H groups in total. The van der Waals surface area contributed by atoms with E-state index in [0.29, 0.717) is 27.1 Å². The number of halogens is 3. The third-order valence-corrected chi connectivity index (χ3v) is 3.83. The van der Waals surface area contributed by atoms with Gasteiger partial charge in [-0.25, -0.2) is 4.98 Å². The Morgan fingerprint density at radius 3 is 2.57 bits per heavy atom. The summed E-state index contributed by atoms with van der Waals surface area (Å²) in [5.74, 6) is 0.124. The molecule has 0 saturated heterocycles. The van der Waals surface area contributed by atoms with Gasteiger partial charge in [-0.05, 0) is 30.7 Å². The average Bonchev–Trinajstić information content (AvgIpc) is 2.46. The zero-order valence-electron chi connectivity index (χ0n) is 11.3. The van der Waals surface area contributed by atoms with Crippen LogP contribution in [0.1, 0.15) is 15.9 Å². The monoisotopic (exact) mass is 343 g/mol. The molecule has 2 aromatic rings. The Morgan fingerprint density at radius 1 is 1.19 bits per heavy atom. The fourth-order valence-electron chi connectivity index (χ4n) is 1.71. The molecule has 0 saturated carbocycles. The number of aryl methyl sites for hydroxylation is 1. The third kappa shape index (κ3) is 3.59. The summed E-state index contributed by atoms with van der Waals surface area (Å²) in [6.07, 6.45) is 0. The van der Waals surface area contributed by atoms with Crippen LogP contribution in [0.5, 0.6) is 0 Å². The number of benzene rings is 1. The van der Waals surface area contributed by atoms with Gasteiger partial charge >= 0.3 is 0 Å². The largest absolute Gasteiger partial charge is 0.373 e. The lowest BCUT2D eigenvalue weighted by Crippen LogP contribution is -2.13. The lowest BCUT2D eigenvalue weighted by atomic mass is 10.2. The van der Waals surface area contributed by atoms with Gasteiger partial charge in [0.25, 0.3) is 5.91 Å². The number of rotatable bonds is 3. The van der Waals surface area contributed by atoms with Crippen LogP contribution in [0.15, 0.2) is 24.3 Å². The molecule has 0 spiro atoms. The first kappa shape index (κ1) is 15.9. The van der Waals surface area contributed by atoms with Crippen molar-refractivity contribution >= 4 is 52.2 Å². The predicted molar refractivity (Wildman–Crippen MR) is 87.9 cm³/mol. The SMILES string of the molecule is CNc1cc(C(=O)Nc2c(Cl)ccc(C)c2Cl)cc(Cl)n1. The smallest absolute Gasteiger partial charge is 0.255 e. The van der Waals surface area contributed by atoms with E-state index in [4.69, 9.17) is 34.8 Å². The van der Waals surface area contributed by atoms with E-state index < -0.39 is 0 Å². The highest BCUT2D eigenvalue weighted by molar-refractivity contribution is 6.40. The molecule has 1 amide bonds. The van der Waals surface area contributed by atoms with Crippen LogP contribution >= 0.6 is 34.8 Å². The maximum Gasteiger partial charge on any atom is 0.255 e. The molecule has 21 heavy (non-hydrogen) atoms. The summed E-state index contributed by atoms with van der Waals surface area (Å²) < 4.78 is 0. The van der Waals surface area contributed by atoms with Crippen molar-refractivity contribution in [2.24, 2.45) is 0 Å². The molecule has 2 rings (SSSR count). The number of nitrogens with one attached hydrogen (secondary N) is 2. The summed E-state index contributed by atoms with van der Waals surface area (Å²) in [6.45, 7) is 1.83. The van der Waals surface area contributed by atoms with Gasteiger partial charge in [0, 0.05) is 12.6 Å². The van der Waals surface area contributed by atoms with Crippen LogP contribution < -0.4 is 10.6 Å². The predicted octanol–water partition coefficient (Wildman–Crippen LogP) is 4.64. The van der Waals surface area contributed by atoms with Crippen LogP contribution in [0.2, 0.25) is 15.2 Å². The van der Waals surface area contributed by atoms with Crippen molar-refractivity contribution in [2.45, 2.75) is 6.92 Å². The summed E-state index contributed by atoms with van der Waals surface area (Å²) in [4.78, 5) is 16.3. The van der Waals surface area contributed by atoms with Crippen molar-refractivity contribution in [3.63, 3.8) is 0 Å². The Bertz CT molecular complexity index is 704. The van der Waals surface area contributed by atoms with Gasteiger partial charge in [0.1, 0.15) is 11.0 Å². The first-order valence-electron chi connectivity index (χ1n) is 6.03. The number of hydrogen-bond acceptors (Lipinski definition) is 3. The number of carbonyl (C=O) groups is 1. The molecule has 0 fully saturated rings. The zero-order chi connectivity index (χ0) is 15.6. The van der Waals surface area contributed by atoms with E-state index in [2.05, 4.69) is 15.6 Å². The lowest BCUT2D eigenvalue weighted by molar-refractivity contribution is 0.102. The molecule has 110 valence electrons. The summed E-state index contributed by atoms with van der Waals surface area (Å²) in [5.41, 5.74) is 1.55. The van der Waals surface area contributed by atoms with Crippen molar-refractivity contribution in [3.8, 4) is 0 Å². The van der Waals surface area contributed by atoms with E-state index in [9.17, 15) is 4.79 Å². The average molecular weight is 345 g/mol. The first-order valence-corrected chi connectivity index (χ1v) is 7.17. The first-order chi connectivity index (χ1) is 9.92. The minimum atomic E-state index is -0.370. The van der Waals surface area contributed by atoms with Crippen molar-refractivity contribution in [3.05, 3.63) is 50.6 Å². The van der Waals surface area contributed by atoms with Crippen molar-refractivity contribution in [2.75, 3.05) is 17.7 Å². The van der Waals surface area contributed by atoms with Crippen LogP contribution in [0, 0.1) is 6.92 Å². The third-order valence-electron chi connectivity index (χ3n) is 2.84. The standard InChI is InChI=1S/C14H12Cl3N3O/c1-7-3-4-9(15)13(12(7)17)20-14(21)8-5-10(16)19-11(6-8)18-2/h3-6H,1-2H3,(H,18,19)(H,20,21). The van der Waals surface area contributed by atoms with Crippen molar-refractivity contribution in [1.82, 2.24) is 4.98 Å². The Kier molecular flexibility index (Phi) is 4.93. The van der Waals surface area contributed by atoms with Crippen molar-refractivity contribution < 1.29 is 4.79 Å². The highest BCUT2D eigenvalue weighted by Crippen LogP contribution is 2.33. The van der Waals surface area contributed by atoms with Crippen LogP contribution in [0.25, 0.3) is 0 Å². The summed E-state index contributed by atoms with van der Waals surface area (Å²) in [6, 6.07) is 6.51. The number of hydrogen-bond donors (Lipinski definition) is 2. The fourth-order valence-corrected chi connectivity index (χ4v) is 2.39. The Balaban J connectivity index is 2.35. The normalized spacial score (nSPS) is 10.3. The number of amides is 1. The van der Waals surface area contributed by atoms with E-state index in [1.54, 1.807) is 25.2 Å². The summed E-state index contributed by atoms with van der Waals surface area (Å²) in [5, 5.41) is 6.52. The Labute approximate surface area is 137 Å². The second kappa shape index (κ2) is 6.52. The van der Waals surface area contributed by atoms with E-state index in [1.165, 1.54) is 6.07 Å². The zero-order valence-corrected chi connectivity index (χ0v) is 13.6. The molecule has 0 bridgehead atoms. The molecule has 4 nitrogen and oxygen atoms in total. The quantitative estimate of drug-likeness (QED) is 0.797. The van der Waals surface area contributed by atoms with E-state index >= 15 is 0 Å². The van der Waals surface area contributed by atoms with Gasteiger partial charge < -0.3 is 10.6 Å². The van der Waals surface area contributed by atoms with Crippen LogP contribution in [-0.4, -0.2) is 17.9 Å². The van der Waals surface area contributed by atoms with Crippen LogP contribution in [0.3, 0.4) is 0 Å². The van der Waals surface area contributed by atoms with Crippen LogP contribution in [-0.2, 0) is 0 Å². The lowest BCUT2D eigenvalue weighted by Gasteiger charge is -2.12. The summed E-state index contributed by atoms with van der Waals surface area (Å²) in [7, 11) is 1.69. The number of pyridine rings is 1. The van der Waals surface area contributed by atoms with Crippen LogP contribution in [0.4, 0.5) is 11.5 Å². The van der Waals surface area contributed by atoms with Gasteiger partial charge in [-0.3, -0.25) is 4.79 Å². The second-order valence-corrected chi connectivity index (χ2v) is 5.49. The molecular formula is C14H12Cl3N3O. The minimum Gasteiger partial charge on any atom is -0.373 e. The Morgan fingerprint density at radius 2 is 1.90 bits per heavy atom. The molecule has 0 atom stereocenters. The molecule has 1 aromatic heterocycles. The van der Waals surface area contributed by atoms with Gasteiger partial charge in [-0.2, -0.15) is 0 Å². The molecule has 0 unspecified atom stereocenters. The molecule has 1 aromatic carbocycles. The minimum absolute atomic E-state index is 0.216. The number of aromatic nitrogens is 1. The topological polar surface area (TPSA) is 54.0 Å². The van der Waals surface area contributed by atoms with Gasteiger partial charge in [-0.15, -0.1) is 0 Å². The molecule has 0 aliphatic heterocycles. The van der Waals surface area contributed by atoms with Gasteiger partial charge in [0.05, 0.1) is 15.7 Å². The highest BCUT2D eigenvalue weighted by Gasteiger charge is 2.14. The number of nitrogens with zero attached hydrogens (tertiary/aromatic N) is 1. The molecule has 7 heteroatoms. The molecule has 0 aliphatic rings.